The fraction of sp³-hybridized carbons (Fsp3) is 0.250. The quantitative estimate of drug-likeness (QED) is 0.868. The van der Waals surface area contributed by atoms with Gasteiger partial charge < -0.3 is 4.57 Å². The molecule has 2 heterocycles. The highest BCUT2D eigenvalue weighted by atomic mass is 35.5. The normalized spacial score (nSPS) is 10.7. The van der Waals surface area contributed by atoms with Crippen molar-refractivity contribution in [1.82, 2.24) is 9.55 Å². The molecule has 74 valence electrons. The topological polar surface area (TPSA) is 41.7 Å². The van der Waals surface area contributed by atoms with Gasteiger partial charge in [0, 0.05) is 22.1 Å². The Hall–Kier alpha value is -0.650. The Bertz CT molecular complexity index is 497. The van der Waals surface area contributed by atoms with Crippen molar-refractivity contribution < 1.29 is 0 Å². The summed E-state index contributed by atoms with van der Waals surface area (Å²) in [6.07, 6.45) is 1.76. The zero-order valence-corrected chi connectivity index (χ0v) is 9.84. The van der Waals surface area contributed by atoms with Crippen LogP contribution in [0.4, 0.5) is 0 Å². The second-order valence-electron chi connectivity index (χ2n) is 2.85. The molecule has 2 aromatic rings. The van der Waals surface area contributed by atoms with E-state index in [-0.39, 0.29) is 0 Å². The van der Waals surface area contributed by atoms with Crippen molar-refractivity contribution in [2.75, 3.05) is 0 Å². The van der Waals surface area contributed by atoms with Gasteiger partial charge in [-0.15, -0.1) is 22.7 Å². The molecule has 0 spiro atoms. The Morgan fingerprint density at radius 2 is 2.43 bits per heavy atom. The van der Waals surface area contributed by atoms with Gasteiger partial charge in [0.1, 0.15) is 0 Å². The van der Waals surface area contributed by atoms with Gasteiger partial charge in [-0.05, 0) is 6.92 Å². The average molecular weight is 246 g/mol. The summed E-state index contributed by atoms with van der Waals surface area (Å²) < 4.78 is 2.49. The Morgan fingerprint density at radius 1 is 1.64 bits per heavy atom. The number of hydrogen-bond acceptors (Lipinski definition) is 4. The fourth-order valence-corrected chi connectivity index (χ4v) is 2.85. The predicted octanol–water partition coefficient (Wildman–Crippen LogP) is 2.50. The Morgan fingerprint density at radius 3 is 2.93 bits per heavy atom. The number of hydrogen-bond donors (Lipinski definition) is 1. The standard InChI is InChI=1S/C8H8ClN3S2/c1-5-4-13-8(10)12(5)3-6-2-11-7(9)14-6/h2,4,10H,3H2,1H3. The molecule has 0 amide bonds. The largest absolute Gasteiger partial charge is 0.316 e. The van der Waals surface area contributed by atoms with E-state index in [0.717, 1.165) is 10.6 Å². The van der Waals surface area contributed by atoms with E-state index >= 15 is 0 Å². The van der Waals surface area contributed by atoms with E-state index in [4.69, 9.17) is 17.0 Å². The molecule has 2 rings (SSSR count). The molecule has 14 heavy (non-hydrogen) atoms. The van der Waals surface area contributed by atoms with Gasteiger partial charge in [0.15, 0.2) is 9.27 Å². The summed E-state index contributed by atoms with van der Waals surface area (Å²) in [4.78, 5) is 5.61. The molecule has 0 aliphatic heterocycles. The minimum Gasteiger partial charge on any atom is -0.316 e. The Labute approximate surface area is 94.1 Å². The van der Waals surface area contributed by atoms with Crippen LogP contribution in [0, 0.1) is 12.3 Å². The van der Waals surface area contributed by atoms with E-state index < -0.39 is 0 Å². The van der Waals surface area contributed by atoms with Crippen molar-refractivity contribution in [3.8, 4) is 0 Å². The first-order chi connectivity index (χ1) is 6.66. The number of nitrogens with one attached hydrogen (secondary N) is 1. The van der Waals surface area contributed by atoms with Crippen molar-refractivity contribution in [2.24, 2.45) is 0 Å². The Kier molecular flexibility index (Phi) is 2.71. The van der Waals surface area contributed by atoms with Crippen LogP contribution < -0.4 is 4.80 Å². The van der Waals surface area contributed by atoms with Gasteiger partial charge in [-0.1, -0.05) is 11.6 Å². The molecule has 1 N–H and O–H groups in total. The number of aromatic nitrogens is 2. The van der Waals surface area contributed by atoms with Crippen molar-refractivity contribution in [2.45, 2.75) is 13.5 Å². The van der Waals surface area contributed by atoms with Gasteiger partial charge in [-0.3, -0.25) is 5.41 Å². The van der Waals surface area contributed by atoms with E-state index in [1.807, 2.05) is 16.9 Å². The average Bonchev–Trinajstić information content (AvgIpc) is 2.67. The maximum Gasteiger partial charge on any atom is 0.183 e. The molecule has 6 heteroatoms. The van der Waals surface area contributed by atoms with E-state index in [2.05, 4.69) is 4.98 Å². The molecule has 0 fully saturated rings. The third-order valence-corrected chi connectivity index (χ3v) is 3.85. The lowest BCUT2D eigenvalue weighted by Gasteiger charge is -2.01. The molecule has 0 saturated carbocycles. The summed E-state index contributed by atoms with van der Waals surface area (Å²) in [6, 6.07) is 0. The van der Waals surface area contributed by atoms with Gasteiger partial charge in [0.25, 0.3) is 0 Å². The Balaban J connectivity index is 2.31. The minimum atomic E-state index is 0.556. The lowest BCUT2D eigenvalue weighted by Crippen LogP contribution is -2.14. The van der Waals surface area contributed by atoms with Crippen molar-refractivity contribution >= 4 is 34.3 Å². The van der Waals surface area contributed by atoms with Crippen molar-refractivity contribution in [1.29, 1.82) is 5.41 Å². The van der Waals surface area contributed by atoms with E-state index in [1.54, 1.807) is 6.20 Å². The summed E-state index contributed by atoms with van der Waals surface area (Å²) in [5.41, 5.74) is 1.10. The zero-order chi connectivity index (χ0) is 10.1. The number of nitrogens with zero attached hydrogens (tertiary/aromatic N) is 2. The molecule has 0 aliphatic carbocycles. The highest BCUT2D eigenvalue weighted by Crippen LogP contribution is 2.18. The third-order valence-electron chi connectivity index (χ3n) is 1.85. The number of aryl methyl sites for hydroxylation is 1. The lowest BCUT2D eigenvalue weighted by atomic mass is 10.5. The molecular weight excluding hydrogens is 238 g/mol. The molecule has 0 aromatic carbocycles. The zero-order valence-electron chi connectivity index (χ0n) is 7.45. The van der Waals surface area contributed by atoms with E-state index in [9.17, 15) is 0 Å². The molecule has 0 atom stereocenters. The molecule has 0 bridgehead atoms. The smallest absolute Gasteiger partial charge is 0.183 e. The van der Waals surface area contributed by atoms with Gasteiger partial charge in [-0.25, -0.2) is 4.98 Å². The number of halogens is 1. The maximum atomic E-state index is 7.68. The summed E-state index contributed by atoms with van der Waals surface area (Å²) >= 11 is 8.63. The van der Waals surface area contributed by atoms with Crippen molar-refractivity contribution in [3.63, 3.8) is 0 Å². The van der Waals surface area contributed by atoms with Crippen LogP contribution in [0.2, 0.25) is 4.47 Å². The molecule has 0 unspecified atom stereocenters. The molecular formula is C8H8ClN3S2. The summed E-state index contributed by atoms with van der Waals surface area (Å²) in [7, 11) is 0. The number of thiazole rings is 2. The van der Waals surface area contributed by atoms with Crippen LogP contribution in [0.15, 0.2) is 11.6 Å². The summed E-state index contributed by atoms with van der Waals surface area (Å²) in [5, 5.41) is 9.66. The van der Waals surface area contributed by atoms with E-state index in [1.165, 1.54) is 22.7 Å². The fourth-order valence-electron chi connectivity index (χ4n) is 1.14. The van der Waals surface area contributed by atoms with Crippen LogP contribution in [0.1, 0.15) is 10.6 Å². The predicted molar refractivity (Wildman–Crippen MR) is 59.1 cm³/mol. The van der Waals surface area contributed by atoms with Crippen LogP contribution in [0.25, 0.3) is 0 Å². The third kappa shape index (κ3) is 1.89. The SMILES string of the molecule is Cc1csc(=N)n1Cc1cnc(Cl)s1. The minimum absolute atomic E-state index is 0.556. The van der Waals surface area contributed by atoms with Gasteiger partial charge >= 0.3 is 0 Å². The molecule has 0 saturated heterocycles. The van der Waals surface area contributed by atoms with Crippen LogP contribution in [0.5, 0.6) is 0 Å². The number of rotatable bonds is 2. The van der Waals surface area contributed by atoms with Crippen LogP contribution in [-0.4, -0.2) is 9.55 Å². The highest BCUT2D eigenvalue weighted by molar-refractivity contribution is 7.15. The first-order valence-corrected chi connectivity index (χ1v) is 6.04. The summed E-state index contributed by atoms with van der Waals surface area (Å²) in [6.45, 7) is 2.69. The monoisotopic (exact) mass is 245 g/mol. The summed E-state index contributed by atoms with van der Waals surface area (Å²) in [5.74, 6) is 0. The van der Waals surface area contributed by atoms with Crippen LogP contribution >= 0.6 is 34.3 Å². The first-order valence-electron chi connectivity index (χ1n) is 3.96. The second kappa shape index (κ2) is 3.84. The van der Waals surface area contributed by atoms with Gasteiger partial charge in [0.2, 0.25) is 0 Å². The van der Waals surface area contributed by atoms with Gasteiger partial charge in [-0.2, -0.15) is 0 Å². The lowest BCUT2D eigenvalue weighted by molar-refractivity contribution is 0.741. The molecule has 0 radical (unpaired) electrons. The molecule has 0 aliphatic rings. The van der Waals surface area contributed by atoms with Crippen molar-refractivity contribution in [3.05, 3.63) is 31.4 Å². The molecule has 2 aromatic heterocycles. The first kappa shape index (κ1) is 9.89. The molecule has 3 nitrogen and oxygen atoms in total. The van der Waals surface area contributed by atoms with Crippen LogP contribution in [0.3, 0.4) is 0 Å². The highest BCUT2D eigenvalue weighted by Gasteiger charge is 2.04. The van der Waals surface area contributed by atoms with E-state index in [0.29, 0.717) is 15.8 Å². The van der Waals surface area contributed by atoms with Gasteiger partial charge in [0.05, 0.1) is 6.54 Å². The van der Waals surface area contributed by atoms with Crippen LogP contribution in [-0.2, 0) is 6.54 Å². The maximum absolute atomic E-state index is 7.68. The second-order valence-corrected chi connectivity index (χ2v) is 5.40.